The molecule has 0 unspecified atom stereocenters. The zero-order valence-corrected chi connectivity index (χ0v) is 13.8. The molecule has 0 saturated carbocycles. The molecule has 0 bridgehead atoms. The summed E-state index contributed by atoms with van der Waals surface area (Å²) in [5.74, 6) is 0. The molecule has 0 amide bonds. The number of sulfone groups is 1. The van der Waals surface area contributed by atoms with Crippen LogP contribution in [0.25, 0.3) is 0 Å². The van der Waals surface area contributed by atoms with Crippen molar-refractivity contribution >= 4 is 44.4 Å². The van der Waals surface area contributed by atoms with E-state index in [1.165, 1.54) is 24.3 Å². The Morgan fingerprint density at radius 2 is 1.19 bits per heavy atom. The molecule has 0 radical (unpaired) electrons. The minimum absolute atomic E-state index is 0.125. The SMILES string of the molecule is CNc1ccc(S(=O)(=O)c2ccc(NC)c(Cl)c2)cc1Cl. The molecule has 2 aromatic carbocycles. The van der Waals surface area contributed by atoms with Gasteiger partial charge >= 0.3 is 0 Å². The third kappa shape index (κ3) is 3.10. The van der Waals surface area contributed by atoms with Gasteiger partial charge in [0.05, 0.1) is 31.2 Å². The van der Waals surface area contributed by atoms with Crippen molar-refractivity contribution < 1.29 is 8.42 Å². The van der Waals surface area contributed by atoms with Crippen molar-refractivity contribution in [2.24, 2.45) is 0 Å². The smallest absolute Gasteiger partial charge is 0.206 e. The van der Waals surface area contributed by atoms with Crippen LogP contribution in [0.1, 0.15) is 0 Å². The molecule has 2 rings (SSSR count). The molecule has 0 heterocycles. The molecule has 2 N–H and O–H groups in total. The van der Waals surface area contributed by atoms with Gasteiger partial charge in [-0.1, -0.05) is 23.2 Å². The number of anilines is 2. The van der Waals surface area contributed by atoms with Crippen LogP contribution in [0.15, 0.2) is 46.2 Å². The summed E-state index contributed by atoms with van der Waals surface area (Å²) < 4.78 is 25.2. The normalized spacial score (nSPS) is 11.2. The Bertz CT molecular complexity index is 717. The molecule has 0 aromatic heterocycles. The van der Waals surface area contributed by atoms with Crippen molar-refractivity contribution in [1.29, 1.82) is 0 Å². The van der Waals surface area contributed by atoms with Crippen LogP contribution < -0.4 is 10.6 Å². The molecule has 112 valence electrons. The van der Waals surface area contributed by atoms with Gasteiger partial charge < -0.3 is 10.6 Å². The van der Waals surface area contributed by atoms with E-state index in [4.69, 9.17) is 23.2 Å². The van der Waals surface area contributed by atoms with Gasteiger partial charge in [-0.05, 0) is 36.4 Å². The van der Waals surface area contributed by atoms with E-state index in [0.717, 1.165) is 0 Å². The average molecular weight is 345 g/mol. The second kappa shape index (κ2) is 6.13. The van der Waals surface area contributed by atoms with Gasteiger partial charge in [0.2, 0.25) is 9.84 Å². The Morgan fingerprint density at radius 1 is 0.810 bits per heavy atom. The van der Waals surface area contributed by atoms with E-state index >= 15 is 0 Å². The van der Waals surface area contributed by atoms with Crippen LogP contribution in [0.2, 0.25) is 10.0 Å². The van der Waals surface area contributed by atoms with Crippen molar-refractivity contribution in [2.75, 3.05) is 24.7 Å². The third-order valence-electron chi connectivity index (χ3n) is 3.04. The largest absolute Gasteiger partial charge is 0.387 e. The predicted molar refractivity (Wildman–Crippen MR) is 87.4 cm³/mol. The standard InChI is InChI=1S/C14H14Cl2N2O2S/c1-17-13-5-3-9(7-11(13)15)21(19,20)10-4-6-14(18-2)12(16)8-10/h3-8,17-18H,1-2H3. The summed E-state index contributed by atoms with van der Waals surface area (Å²) >= 11 is 12.1. The fourth-order valence-electron chi connectivity index (χ4n) is 1.87. The molecule has 2 aromatic rings. The summed E-state index contributed by atoms with van der Waals surface area (Å²) in [4.78, 5) is 0.250. The maximum Gasteiger partial charge on any atom is 0.206 e. The van der Waals surface area contributed by atoms with Crippen molar-refractivity contribution in [1.82, 2.24) is 0 Å². The van der Waals surface area contributed by atoms with Crippen LogP contribution >= 0.6 is 23.2 Å². The van der Waals surface area contributed by atoms with Crippen LogP contribution in [0, 0.1) is 0 Å². The maximum atomic E-state index is 12.6. The molecule has 7 heteroatoms. The quantitative estimate of drug-likeness (QED) is 0.882. The van der Waals surface area contributed by atoms with E-state index < -0.39 is 9.84 Å². The second-order valence-corrected chi connectivity index (χ2v) is 7.05. The Balaban J connectivity index is 2.51. The van der Waals surface area contributed by atoms with Gasteiger partial charge in [-0.3, -0.25) is 0 Å². The lowest BCUT2D eigenvalue weighted by Crippen LogP contribution is -2.03. The highest BCUT2D eigenvalue weighted by Crippen LogP contribution is 2.31. The van der Waals surface area contributed by atoms with Gasteiger partial charge in [-0.25, -0.2) is 8.42 Å². The van der Waals surface area contributed by atoms with E-state index in [9.17, 15) is 8.42 Å². The summed E-state index contributed by atoms with van der Waals surface area (Å²) in [7, 11) is -0.231. The van der Waals surface area contributed by atoms with Crippen molar-refractivity contribution in [3.05, 3.63) is 46.4 Å². The highest BCUT2D eigenvalue weighted by atomic mass is 35.5. The van der Waals surface area contributed by atoms with Gasteiger partial charge in [-0.2, -0.15) is 0 Å². The van der Waals surface area contributed by atoms with Crippen molar-refractivity contribution in [2.45, 2.75) is 9.79 Å². The fraction of sp³-hybridized carbons (Fsp3) is 0.143. The van der Waals surface area contributed by atoms with E-state index in [1.54, 1.807) is 26.2 Å². The van der Waals surface area contributed by atoms with Crippen LogP contribution in [0.3, 0.4) is 0 Å². The molecule has 21 heavy (non-hydrogen) atoms. The van der Waals surface area contributed by atoms with E-state index in [0.29, 0.717) is 21.4 Å². The lowest BCUT2D eigenvalue weighted by molar-refractivity contribution is 0.596. The summed E-state index contributed by atoms with van der Waals surface area (Å²) in [6.07, 6.45) is 0. The molecular formula is C14H14Cl2N2O2S. The molecule has 0 saturated heterocycles. The van der Waals surface area contributed by atoms with Gasteiger partial charge in [0.1, 0.15) is 0 Å². The molecule has 4 nitrogen and oxygen atoms in total. The molecule has 0 aliphatic rings. The number of hydrogen-bond acceptors (Lipinski definition) is 4. The number of halogens is 2. The first-order chi connectivity index (χ1) is 9.90. The number of rotatable bonds is 4. The zero-order valence-electron chi connectivity index (χ0n) is 11.4. The Morgan fingerprint density at radius 3 is 1.48 bits per heavy atom. The first kappa shape index (κ1) is 15.9. The monoisotopic (exact) mass is 344 g/mol. The van der Waals surface area contributed by atoms with E-state index in [-0.39, 0.29) is 9.79 Å². The summed E-state index contributed by atoms with van der Waals surface area (Å²) in [6, 6.07) is 9.10. The highest BCUT2D eigenvalue weighted by molar-refractivity contribution is 7.91. The highest BCUT2D eigenvalue weighted by Gasteiger charge is 2.19. The van der Waals surface area contributed by atoms with Crippen molar-refractivity contribution in [3.8, 4) is 0 Å². The van der Waals surface area contributed by atoms with E-state index in [2.05, 4.69) is 10.6 Å². The first-order valence-corrected chi connectivity index (χ1v) is 8.33. The topological polar surface area (TPSA) is 58.2 Å². The molecule has 0 spiro atoms. The Labute approximate surface area is 134 Å². The fourth-order valence-corrected chi connectivity index (χ4v) is 3.86. The third-order valence-corrected chi connectivity index (χ3v) is 5.41. The molecule has 0 fully saturated rings. The van der Waals surface area contributed by atoms with Gasteiger partial charge in [0.15, 0.2) is 0 Å². The summed E-state index contributed by atoms with van der Waals surface area (Å²) in [5.41, 5.74) is 1.33. The summed E-state index contributed by atoms with van der Waals surface area (Å²) in [6.45, 7) is 0. The number of nitrogens with one attached hydrogen (secondary N) is 2. The average Bonchev–Trinajstić information content (AvgIpc) is 2.47. The molecule has 0 aliphatic carbocycles. The molecular weight excluding hydrogens is 331 g/mol. The summed E-state index contributed by atoms with van der Waals surface area (Å²) in [5, 5.41) is 6.45. The maximum absolute atomic E-state index is 12.6. The van der Waals surface area contributed by atoms with Gasteiger partial charge in [-0.15, -0.1) is 0 Å². The second-order valence-electron chi connectivity index (χ2n) is 4.29. The van der Waals surface area contributed by atoms with Crippen molar-refractivity contribution in [3.63, 3.8) is 0 Å². The van der Waals surface area contributed by atoms with E-state index in [1.807, 2.05) is 0 Å². The van der Waals surface area contributed by atoms with Crippen LogP contribution in [-0.2, 0) is 9.84 Å². The predicted octanol–water partition coefficient (Wildman–Crippen LogP) is 3.91. The Hall–Kier alpha value is -1.43. The lowest BCUT2D eigenvalue weighted by atomic mass is 10.3. The Kier molecular flexibility index (Phi) is 4.66. The molecule has 0 atom stereocenters. The van der Waals surface area contributed by atoms with Crippen LogP contribution in [-0.4, -0.2) is 22.5 Å². The minimum Gasteiger partial charge on any atom is -0.387 e. The van der Waals surface area contributed by atoms with Crippen LogP contribution in [0.5, 0.6) is 0 Å². The van der Waals surface area contributed by atoms with Gasteiger partial charge in [0.25, 0.3) is 0 Å². The zero-order chi connectivity index (χ0) is 15.6. The number of hydrogen-bond donors (Lipinski definition) is 2. The number of benzene rings is 2. The van der Waals surface area contributed by atoms with Crippen LogP contribution in [0.4, 0.5) is 11.4 Å². The van der Waals surface area contributed by atoms with Gasteiger partial charge in [0, 0.05) is 14.1 Å². The minimum atomic E-state index is -3.66. The molecule has 0 aliphatic heterocycles. The lowest BCUT2D eigenvalue weighted by Gasteiger charge is -2.10. The first-order valence-electron chi connectivity index (χ1n) is 6.10.